The van der Waals surface area contributed by atoms with Crippen molar-refractivity contribution in [2.75, 3.05) is 6.54 Å². The lowest BCUT2D eigenvalue weighted by Gasteiger charge is -2.20. The van der Waals surface area contributed by atoms with Crippen LogP contribution in [0.1, 0.15) is 62.7 Å². The Labute approximate surface area is 111 Å². The van der Waals surface area contributed by atoms with Gasteiger partial charge in [0.25, 0.3) is 0 Å². The molecule has 1 unspecified atom stereocenters. The average Bonchev–Trinajstić information content (AvgIpc) is 2.89. The Hall–Kier alpha value is -0.890. The SMILES string of the molecule is CCNC(CCC1CCCC1)c1ccc(C)nc1. The maximum Gasteiger partial charge on any atom is 0.0372 e. The zero-order valence-corrected chi connectivity index (χ0v) is 11.8. The first kappa shape index (κ1) is 13.5. The highest BCUT2D eigenvalue weighted by atomic mass is 14.9. The summed E-state index contributed by atoms with van der Waals surface area (Å²) in [4.78, 5) is 4.42. The summed E-state index contributed by atoms with van der Waals surface area (Å²) in [7, 11) is 0. The average molecular weight is 246 g/mol. The molecule has 2 nitrogen and oxygen atoms in total. The topological polar surface area (TPSA) is 24.9 Å². The Kier molecular flexibility index (Phi) is 5.18. The third-order valence-electron chi connectivity index (χ3n) is 4.13. The third kappa shape index (κ3) is 3.81. The lowest BCUT2D eigenvalue weighted by Crippen LogP contribution is -2.21. The number of rotatable bonds is 6. The molecule has 1 aromatic rings. The Morgan fingerprint density at radius 3 is 2.72 bits per heavy atom. The minimum atomic E-state index is 0.490. The van der Waals surface area contributed by atoms with Crippen LogP contribution in [0.4, 0.5) is 0 Å². The van der Waals surface area contributed by atoms with Crippen LogP contribution in [0, 0.1) is 12.8 Å². The van der Waals surface area contributed by atoms with Gasteiger partial charge in [0.05, 0.1) is 0 Å². The number of nitrogens with one attached hydrogen (secondary N) is 1. The third-order valence-corrected chi connectivity index (χ3v) is 4.13. The molecule has 2 heteroatoms. The second kappa shape index (κ2) is 6.89. The molecule has 1 atom stereocenters. The van der Waals surface area contributed by atoms with Gasteiger partial charge < -0.3 is 5.32 Å². The molecule has 0 spiro atoms. The van der Waals surface area contributed by atoms with Crippen LogP contribution in [-0.4, -0.2) is 11.5 Å². The zero-order valence-electron chi connectivity index (χ0n) is 11.8. The normalized spacial score (nSPS) is 18.1. The minimum Gasteiger partial charge on any atom is -0.310 e. The molecule has 0 bridgehead atoms. The van der Waals surface area contributed by atoms with Gasteiger partial charge in [0.1, 0.15) is 0 Å². The summed E-state index contributed by atoms with van der Waals surface area (Å²) in [5.74, 6) is 0.976. The van der Waals surface area contributed by atoms with Crippen LogP contribution in [0.15, 0.2) is 18.3 Å². The molecular weight excluding hydrogens is 220 g/mol. The number of aromatic nitrogens is 1. The van der Waals surface area contributed by atoms with Gasteiger partial charge in [0, 0.05) is 17.9 Å². The Bertz CT molecular complexity index is 339. The Morgan fingerprint density at radius 1 is 1.33 bits per heavy atom. The number of hydrogen-bond donors (Lipinski definition) is 1. The number of aryl methyl sites for hydroxylation is 1. The molecule has 0 saturated heterocycles. The zero-order chi connectivity index (χ0) is 12.8. The standard InChI is InChI=1S/C16H26N2/c1-3-17-16(11-9-14-6-4-5-7-14)15-10-8-13(2)18-12-15/h8,10,12,14,16-17H,3-7,9,11H2,1-2H3. The molecule has 0 aromatic carbocycles. The van der Waals surface area contributed by atoms with Crippen LogP contribution in [0.25, 0.3) is 0 Å². The first-order valence-corrected chi connectivity index (χ1v) is 7.45. The quantitative estimate of drug-likeness (QED) is 0.820. The van der Waals surface area contributed by atoms with Crippen LogP contribution >= 0.6 is 0 Å². The molecule has 100 valence electrons. The van der Waals surface area contributed by atoms with E-state index >= 15 is 0 Å². The van der Waals surface area contributed by atoms with Crippen molar-refractivity contribution in [3.05, 3.63) is 29.6 Å². The molecule has 2 rings (SSSR count). The molecule has 1 saturated carbocycles. The molecule has 0 amide bonds. The van der Waals surface area contributed by atoms with Gasteiger partial charge in [-0.25, -0.2) is 0 Å². The van der Waals surface area contributed by atoms with Crippen molar-refractivity contribution in [3.8, 4) is 0 Å². The number of pyridine rings is 1. The second-order valence-electron chi connectivity index (χ2n) is 5.57. The van der Waals surface area contributed by atoms with Crippen LogP contribution in [-0.2, 0) is 0 Å². The Morgan fingerprint density at radius 2 is 2.11 bits per heavy atom. The highest BCUT2D eigenvalue weighted by Gasteiger charge is 2.18. The lowest BCUT2D eigenvalue weighted by molar-refractivity contribution is 0.416. The summed E-state index contributed by atoms with van der Waals surface area (Å²) in [6.07, 6.45) is 10.5. The van der Waals surface area contributed by atoms with Gasteiger partial charge in [-0.05, 0) is 43.9 Å². The van der Waals surface area contributed by atoms with Crippen LogP contribution < -0.4 is 5.32 Å². The van der Waals surface area contributed by atoms with E-state index in [9.17, 15) is 0 Å². The van der Waals surface area contributed by atoms with E-state index < -0.39 is 0 Å². The maximum absolute atomic E-state index is 4.42. The molecule has 0 aliphatic heterocycles. The smallest absolute Gasteiger partial charge is 0.0372 e. The van der Waals surface area contributed by atoms with Crippen LogP contribution in [0.2, 0.25) is 0 Å². The first-order valence-electron chi connectivity index (χ1n) is 7.45. The summed E-state index contributed by atoms with van der Waals surface area (Å²) in [5, 5.41) is 3.60. The van der Waals surface area contributed by atoms with Gasteiger partial charge in [-0.3, -0.25) is 4.98 Å². The maximum atomic E-state index is 4.42. The predicted molar refractivity (Wildman–Crippen MR) is 76.6 cm³/mol. The molecule has 18 heavy (non-hydrogen) atoms. The molecule has 0 radical (unpaired) electrons. The van der Waals surface area contributed by atoms with E-state index in [0.29, 0.717) is 6.04 Å². The summed E-state index contributed by atoms with van der Waals surface area (Å²) < 4.78 is 0. The lowest BCUT2D eigenvalue weighted by atomic mass is 9.95. The fraction of sp³-hybridized carbons (Fsp3) is 0.688. The summed E-state index contributed by atoms with van der Waals surface area (Å²) in [6, 6.07) is 4.84. The van der Waals surface area contributed by atoms with Gasteiger partial charge >= 0.3 is 0 Å². The van der Waals surface area contributed by atoms with Crippen molar-refractivity contribution < 1.29 is 0 Å². The van der Waals surface area contributed by atoms with Gasteiger partial charge in [0.15, 0.2) is 0 Å². The number of hydrogen-bond acceptors (Lipinski definition) is 2. The van der Waals surface area contributed by atoms with Crippen LogP contribution in [0.5, 0.6) is 0 Å². The molecule has 1 heterocycles. The van der Waals surface area contributed by atoms with Crippen molar-refractivity contribution >= 4 is 0 Å². The molecular formula is C16H26N2. The van der Waals surface area contributed by atoms with E-state index in [0.717, 1.165) is 18.2 Å². The van der Waals surface area contributed by atoms with E-state index in [1.54, 1.807) is 0 Å². The van der Waals surface area contributed by atoms with E-state index in [4.69, 9.17) is 0 Å². The molecule has 1 aliphatic carbocycles. The molecule has 1 fully saturated rings. The van der Waals surface area contributed by atoms with Crippen molar-refractivity contribution in [2.24, 2.45) is 5.92 Å². The summed E-state index contributed by atoms with van der Waals surface area (Å²) in [6.45, 7) is 5.26. The van der Waals surface area contributed by atoms with Gasteiger partial charge in [0.2, 0.25) is 0 Å². The summed E-state index contributed by atoms with van der Waals surface area (Å²) >= 11 is 0. The summed E-state index contributed by atoms with van der Waals surface area (Å²) in [5.41, 5.74) is 2.45. The highest BCUT2D eigenvalue weighted by Crippen LogP contribution is 2.31. The van der Waals surface area contributed by atoms with Gasteiger partial charge in [-0.2, -0.15) is 0 Å². The highest BCUT2D eigenvalue weighted by molar-refractivity contribution is 5.17. The van der Waals surface area contributed by atoms with Crippen molar-refractivity contribution in [2.45, 2.75) is 58.4 Å². The monoisotopic (exact) mass is 246 g/mol. The fourth-order valence-corrected chi connectivity index (χ4v) is 3.02. The van der Waals surface area contributed by atoms with Crippen LogP contribution in [0.3, 0.4) is 0 Å². The van der Waals surface area contributed by atoms with Crippen molar-refractivity contribution in [1.82, 2.24) is 10.3 Å². The second-order valence-corrected chi connectivity index (χ2v) is 5.57. The first-order chi connectivity index (χ1) is 8.79. The molecule has 1 aliphatic rings. The minimum absolute atomic E-state index is 0.490. The Balaban J connectivity index is 1.91. The number of nitrogens with zero attached hydrogens (tertiary/aromatic N) is 1. The predicted octanol–water partition coefficient (Wildman–Crippen LogP) is 4.01. The van der Waals surface area contributed by atoms with Gasteiger partial charge in [-0.1, -0.05) is 38.7 Å². The van der Waals surface area contributed by atoms with E-state index in [-0.39, 0.29) is 0 Å². The van der Waals surface area contributed by atoms with Crippen molar-refractivity contribution in [3.63, 3.8) is 0 Å². The van der Waals surface area contributed by atoms with E-state index in [2.05, 4.69) is 29.4 Å². The van der Waals surface area contributed by atoms with Crippen molar-refractivity contribution in [1.29, 1.82) is 0 Å². The van der Waals surface area contributed by atoms with E-state index in [1.165, 1.54) is 44.1 Å². The van der Waals surface area contributed by atoms with E-state index in [1.807, 2.05) is 13.1 Å². The van der Waals surface area contributed by atoms with Gasteiger partial charge in [-0.15, -0.1) is 0 Å². The fourth-order valence-electron chi connectivity index (χ4n) is 3.02. The largest absolute Gasteiger partial charge is 0.310 e. The molecule has 1 N–H and O–H groups in total. The molecule has 1 aromatic heterocycles.